The summed E-state index contributed by atoms with van der Waals surface area (Å²) in [6.07, 6.45) is 1.44. The zero-order valence-corrected chi connectivity index (χ0v) is 13.1. The monoisotopic (exact) mass is 328 g/mol. The number of thiocarbonyl (C=S) groups is 1. The number of hydrogen-bond acceptors (Lipinski definition) is 1. The van der Waals surface area contributed by atoms with Gasteiger partial charge in [-0.2, -0.15) is 0 Å². The van der Waals surface area contributed by atoms with Gasteiger partial charge in [0.2, 0.25) is 0 Å². The van der Waals surface area contributed by atoms with E-state index in [2.05, 4.69) is 0 Å². The fraction of sp³-hybridized carbons (Fsp3) is 0.133. The van der Waals surface area contributed by atoms with Crippen LogP contribution in [0.25, 0.3) is 0 Å². The topological polar surface area (TPSA) is 0 Å². The molecule has 2 aromatic rings. The van der Waals surface area contributed by atoms with Crippen molar-refractivity contribution in [1.29, 1.82) is 0 Å². The lowest BCUT2D eigenvalue weighted by molar-refractivity contribution is 1.25. The van der Waals surface area contributed by atoms with Crippen molar-refractivity contribution in [1.82, 2.24) is 0 Å². The van der Waals surface area contributed by atoms with E-state index in [4.69, 9.17) is 47.0 Å². The van der Waals surface area contributed by atoms with Crippen molar-refractivity contribution < 1.29 is 0 Å². The largest absolute Gasteiger partial charge is 0.0890 e. The maximum atomic E-state index is 5.99. The highest BCUT2D eigenvalue weighted by Gasteiger charge is 2.04. The second kappa shape index (κ2) is 6.71. The van der Waals surface area contributed by atoms with E-state index in [1.807, 2.05) is 36.4 Å². The minimum atomic E-state index is 0.560. The van der Waals surface area contributed by atoms with Gasteiger partial charge in [0.15, 0.2) is 0 Å². The van der Waals surface area contributed by atoms with Crippen LogP contribution in [0.1, 0.15) is 11.1 Å². The van der Waals surface area contributed by atoms with Gasteiger partial charge in [-0.3, -0.25) is 0 Å². The molecule has 0 bridgehead atoms. The molecule has 4 heteroatoms. The van der Waals surface area contributed by atoms with Crippen molar-refractivity contribution in [2.45, 2.75) is 12.8 Å². The first-order valence-electron chi connectivity index (χ1n) is 5.74. The Balaban J connectivity index is 2.03. The Morgan fingerprint density at radius 3 is 2.16 bits per heavy atom. The van der Waals surface area contributed by atoms with Gasteiger partial charge in [0, 0.05) is 22.7 Å². The first-order chi connectivity index (χ1) is 9.04. The number of rotatable bonds is 4. The number of benzene rings is 2. The second-order valence-corrected chi connectivity index (χ2v) is 6.10. The lowest BCUT2D eigenvalue weighted by Crippen LogP contribution is -2.04. The first-order valence-corrected chi connectivity index (χ1v) is 7.29. The van der Waals surface area contributed by atoms with Crippen molar-refractivity contribution in [3.63, 3.8) is 0 Å². The summed E-state index contributed by atoms with van der Waals surface area (Å²) in [7, 11) is 0. The highest BCUT2D eigenvalue weighted by atomic mass is 35.5. The molecule has 0 saturated heterocycles. The van der Waals surface area contributed by atoms with Gasteiger partial charge in [-0.25, -0.2) is 0 Å². The summed E-state index contributed by atoms with van der Waals surface area (Å²) in [5.74, 6) is 0. The molecule has 19 heavy (non-hydrogen) atoms. The predicted octanol–water partition coefficient (Wildman–Crippen LogP) is 5.80. The average molecular weight is 330 g/mol. The smallest absolute Gasteiger partial charge is 0.0595 e. The molecule has 0 saturated carbocycles. The maximum absolute atomic E-state index is 5.99. The summed E-state index contributed by atoms with van der Waals surface area (Å²) in [5, 5.41) is 1.85. The summed E-state index contributed by atoms with van der Waals surface area (Å²) in [6, 6.07) is 13.3. The minimum absolute atomic E-state index is 0.560. The lowest BCUT2D eigenvalue weighted by Gasteiger charge is -2.06. The van der Waals surface area contributed by atoms with Gasteiger partial charge in [-0.05, 0) is 35.4 Å². The Morgan fingerprint density at radius 1 is 0.842 bits per heavy atom. The van der Waals surface area contributed by atoms with Gasteiger partial charge in [-0.1, -0.05) is 65.2 Å². The summed E-state index contributed by atoms with van der Waals surface area (Å²) in [5.41, 5.74) is 2.19. The predicted molar refractivity (Wildman–Crippen MR) is 87.9 cm³/mol. The van der Waals surface area contributed by atoms with Gasteiger partial charge in [0.1, 0.15) is 0 Å². The molecule has 0 spiro atoms. The second-order valence-electron chi connectivity index (χ2n) is 4.27. The van der Waals surface area contributed by atoms with Crippen LogP contribution >= 0.6 is 47.0 Å². The van der Waals surface area contributed by atoms with Crippen LogP contribution in [0.4, 0.5) is 0 Å². The van der Waals surface area contributed by atoms with E-state index in [1.165, 1.54) is 0 Å². The third-order valence-electron chi connectivity index (χ3n) is 2.68. The van der Waals surface area contributed by atoms with Crippen LogP contribution < -0.4 is 0 Å². The molecule has 0 heterocycles. The van der Waals surface area contributed by atoms with Crippen LogP contribution in [0.5, 0.6) is 0 Å². The van der Waals surface area contributed by atoms with Gasteiger partial charge < -0.3 is 0 Å². The Hall–Kier alpha value is -0.600. The highest BCUT2D eigenvalue weighted by Crippen LogP contribution is 2.23. The third kappa shape index (κ3) is 4.47. The molecule has 0 aliphatic heterocycles. The summed E-state index contributed by atoms with van der Waals surface area (Å²) in [6.45, 7) is 0. The van der Waals surface area contributed by atoms with E-state index < -0.39 is 0 Å². The van der Waals surface area contributed by atoms with E-state index >= 15 is 0 Å². The van der Waals surface area contributed by atoms with E-state index in [9.17, 15) is 0 Å². The fourth-order valence-electron chi connectivity index (χ4n) is 1.81. The average Bonchev–Trinajstić information content (AvgIpc) is 2.34. The Kier molecular flexibility index (Phi) is 5.23. The molecular weight excluding hydrogens is 319 g/mol. The van der Waals surface area contributed by atoms with Crippen LogP contribution in [-0.4, -0.2) is 4.86 Å². The summed E-state index contributed by atoms with van der Waals surface area (Å²) in [4.78, 5) is 0.945. The molecular formula is C15H11Cl3S. The van der Waals surface area contributed by atoms with Crippen LogP contribution in [-0.2, 0) is 12.8 Å². The molecule has 0 aliphatic rings. The third-order valence-corrected chi connectivity index (χ3v) is 3.94. The molecule has 0 atom stereocenters. The quantitative estimate of drug-likeness (QED) is 0.639. The Labute approximate surface area is 133 Å². The zero-order valence-electron chi connectivity index (χ0n) is 10.00. The number of halogens is 3. The fourth-order valence-corrected chi connectivity index (χ4v) is 2.68. The molecule has 0 N–H and O–H groups in total. The van der Waals surface area contributed by atoms with Crippen LogP contribution in [0.2, 0.25) is 15.1 Å². The SMILES string of the molecule is S=C(Cc1cccc(Cl)c1)Cc1ccc(Cl)c(Cl)c1. The van der Waals surface area contributed by atoms with Gasteiger partial charge in [-0.15, -0.1) is 0 Å². The molecule has 2 aromatic carbocycles. The molecule has 0 nitrogen and oxygen atoms in total. The first kappa shape index (κ1) is 14.8. The van der Waals surface area contributed by atoms with E-state index in [-0.39, 0.29) is 0 Å². The maximum Gasteiger partial charge on any atom is 0.0595 e. The summed E-state index contributed by atoms with van der Waals surface area (Å²) < 4.78 is 0. The van der Waals surface area contributed by atoms with Crippen molar-refractivity contribution in [3.8, 4) is 0 Å². The van der Waals surface area contributed by atoms with Crippen molar-refractivity contribution in [2.24, 2.45) is 0 Å². The zero-order chi connectivity index (χ0) is 13.8. The normalized spacial score (nSPS) is 10.5. The molecule has 0 aliphatic carbocycles. The van der Waals surface area contributed by atoms with Crippen molar-refractivity contribution in [2.75, 3.05) is 0 Å². The highest BCUT2D eigenvalue weighted by molar-refractivity contribution is 7.80. The minimum Gasteiger partial charge on any atom is -0.0890 e. The Morgan fingerprint density at radius 2 is 1.53 bits per heavy atom. The van der Waals surface area contributed by atoms with E-state index in [0.717, 1.165) is 27.4 Å². The van der Waals surface area contributed by atoms with Gasteiger partial charge in [0.05, 0.1) is 10.0 Å². The van der Waals surface area contributed by atoms with Crippen molar-refractivity contribution in [3.05, 3.63) is 68.7 Å². The van der Waals surface area contributed by atoms with Crippen LogP contribution in [0.15, 0.2) is 42.5 Å². The standard InChI is InChI=1S/C15H11Cl3S/c16-12-3-1-2-10(6-12)7-13(19)8-11-4-5-14(17)15(18)9-11/h1-6,9H,7-8H2. The van der Waals surface area contributed by atoms with Gasteiger partial charge >= 0.3 is 0 Å². The molecule has 0 radical (unpaired) electrons. The number of hydrogen-bond donors (Lipinski definition) is 0. The van der Waals surface area contributed by atoms with E-state index in [1.54, 1.807) is 6.07 Å². The summed E-state index contributed by atoms with van der Waals surface area (Å²) >= 11 is 23.2. The molecule has 0 unspecified atom stereocenters. The molecule has 0 fully saturated rings. The molecule has 98 valence electrons. The molecule has 0 aromatic heterocycles. The van der Waals surface area contributed by atoms with Gasteiger partial charge in [0.25, 0.3) is 0 Å². The van der Waals surface area contributed by atoms with Crippen molar-refractivity contribution >= 4 is 51.9 Å². The van der Waals surface area contributed by atoms with Crippen LogP contribution in [0, 0.1) is 0 Å². The Bertz CT molecular complexity index is 608. The lowest BCUT2D eigenvalue weighted by atomic mass is 10.0. The van der Waals surface area contributed by atoms with E-state index in [0.29, 0.717) is 16.5 Å². The molecule has 0 amide bonds. The molecule has 2 rings (SSSR count). The van der Waals surface area contributed by atoms with Crippen LogP contribution in [0.3, 0.4) is 0 Å².